The molecule has 1 aromatic rings. The van der Waals surface area contributed by atoms with E-state index in [9.17, 15) is 0 Å². The standard InChI is InChI=1S/C14H27N5/c1-4-18-7-5-13(6-8-18)9-15-10-14-16-11-17-19(14)12(2)3/h11-13,15H,4-10H2,1-3H3. The Balaban J connectivity index is 1.71. The molecule has 0 aromatic carbocycles. The lowest BCUT2D eigenvalue weighted by Crippen LogP contribution is -2.37. The molecule has 5 nitrogen and oxygen atoms in total. The highest BCUT2D eigenvalue weighted by Gasteiger charge is 2.17. The Bertz CT molecular complexity index is 366. The van der Waals surface area contributed by atoms with Gasteiger partial charge in [0.15, 0.2) is 0 Å². The Labute approximate surface area is 116 Å². The summed E-state index contributed by atoms with van der Waals surface area (Å²) < 4.78 is 1.99. The summed E-state index contributed by atoms with van der Waals surface area (Å²) in [4.78, 5) is 6.86. The maximum absolute atomic E-state index is 4.33. The Morgan fingerprint density at radius 3 is 2.74 bits per heavy atom. The number of likely N-dealkylation sites (tertiary alicyclic amines) is 1. The molecule has 1 saturated heterocycles. The molecular formula is C14H27N5. The van der Waals surface area contributed by atoms with Crippen LogP contribution >= 0.6 is 0 Å². The van der Waals surface area contributed by atoms with Crippen LogP contribution < -0.4 is 5.32 Å². The van der Waals surface area contributed by atoms with Crippen molar-refractivity contribution < 1.29 is 0 Å². The smallest absolute Gasteiger partial charge is 0.141 e. The molecule has 1 N–H and O–H groups in total. The van der Waals surface area contributed by atoms with Gasteiger partial charge in [0.25, 0.3) is 0 Å². The van der Waals surface area contributed by atoms with Crippen molar-refractivity contribution in [3.8, 4) is 0 Å². The van der Waals surface area contributed by atoms with Gasteiger partial charge in [-0.25, -0.2) is 9.67 Å². The Morgan fingerprint density at radius 1 is 1.37 bits per heavy atom. The monoisotopic (exact) mass is 265 g/mol. The van der Waals surface area contributed by atoms with Gasteiger partial charge in [-0.3, -0.25) is 0 Å². The van der Waals surface area contributed by atoms with Crippen LogP contribution in [0.3, 0.4) is 0 Å². The SMILES string of the molecule is CCN1CCC(CNCc2ncnn2C(C)C)CC1. The summed E-state index contributed by atoms with van der Waals surface area (Å²) in [6, 6.07) is 0.382. The molecule has 0 aliphatic carbocycles. The predicted molar refractivity (Wildman–Crippen MR) is 77.0 cm³/mol. The van der Waals surface area contributed by atoms with Crippen molar-refractivity contribution in [2.45, 2.75) is 46.2 Å². The third kappa shape index (κ3) is 4.01. The first-order chi connectivity index (χ1) is 9.20. The molecule has 5 heteroatoms. The normalized spacial score (nSPS) is 18.3. The molecule has 1 aliphatic rings. The molecule has 0 unspecified atom stereocenters. The Hall–Kier alpha value is -0.940. The number of rotatable bonds is 6. The lowest BCUT2D eigenvalue weighted by atomic mass is 9.97. The second kappa shape index (κ2) is 7.01. The summed E-state index contributed by atoms with van der Waals surface area (Å²) in [6.07, 6.45) is 4.28. The summed E-state index contributed by atoms with van der Waals surface area (Å²) in [7, 11) is 0. The van der Waals surface area contributed by atoms with Crippen LogP contribution in [-0.2, 0) is 6.54 Å². The molecule has 2 rings (SSSR count). The molecule has 108 valence electrons. The van der Waals surface area contributed by atoms with Crippen LogP contribution in [0.25, 0.3) is 0 Å². The third-order valence-electron chi connectivity index (χ3n) is 4.01. The van der Waals surface area contributed by atoms with E-state index in [1.165, 1.54) is 32.5 Å². The molecular weight excluding hydrogens is 238 g/mol. The van der Waals surface area contributed by atoms with Gasteiger partial charge in [0.2, 0.25) is 0 Å². The highest BCUT2D eigenvalue weighted by molar-refractivity contribution is 4.86. The number of hydrogen-bond acceptors (Lipinski definition) is 4. The van der Waals surface area contributed by atoms with Crippen molar-refractivity contribution in [2.75, 3.05) is 26.2 Å². The fourth-order valence-electron chi connectivity index (χ4n) is 2.73. The van der Waals surface area contributed by atoms with Crippen molar-refractivity contribution in [2.24, 2.45) is 5.92 Å². The van der Waals surface area contributed by atoms with E-state index in [2.05, 4.69) is 41.1 Å². The van der Waals surface area contributed by atoms with Gasteiger partial charge in [-0.15, -0.1) is 0 Å². The van der Waals surface area contributed by atoms with E-state index in [1.54, 1.807) is 6.33 Å². The fraction of sp³-hybridized carbons (Fsp3) is 0.857. The first kappa shape index (κ1) is 14.5. The van der Waals surface area contributed by atoms with E-state index in [1.807, 2.05) is 4.68 Å². The van der Waals surface area contributed by atoms with Gasteiger partial charge < -0.3 is 10.2 Å². The molecule has 0 spiro atoms. The largest absolute Gasteiger partial charge is 0.310 e. The van der Waals surface area contributed by atoms with Crippen LogP contribution in [0.15, 0.2) is 6.33 Å². The molecule has 1 aliphatic heterocycles. The Kier molecular flexibility index (Phi) is 5.34. The van der Waals surface area contributed by atoms with Crippen LogP contribution in [0.5, 0.6) is 0 Å². The second-order valence-electron chi connectivity index (χ2n) is 5.72. The van der Waals surface area contributed by atoms with Crippen molar-refractivity contribution in [1.29, 1.82) is 0 Å². The summed E-state index contributed by atoms with van der Waals surface area (Å²) in [5.41, 5.74) is 0. The van der Waals surface area contributed by atoms with E-state index < -0.39 is 0 Å². The minimum Gasteiger partial charge on any atom is -0.310 e. The first-order valence-corrected chi connectivity index (χ1v) is 7.52. The molecule has 0 amide bonds. The van der Waals surface area contributed by atoms with E-state index in [4.69, 9.17) is 0 Å². The summed E-state index contributed by atoms with van der Waals surface area (Å²) >= 11 is 0. The van der Waals surface area contributed by atoms with Crippen molar-refractivity contribution in [3.63, 3.8) is 0 Å². The zero-order valence-corrected chi connectivity index (χ0v) is 12.5. The quantitative estimate of drug-likeness (QED) is 0.850. The van der Waals surface area contributed by atoms with Crippen LogP contribution in [0.1, 0.15) is 45.5 Å². The molecule has 0 atom stereocenters. The van der Waals surface area contributed by atoms with Crippen LogP contribution in [-0.4, -0.2) is 45.8 Å². The molecule has 0 bridgehead atoms. The maximum Gasteiger partial charge on any atom is 0.141 e. The zero-order valence-electron chi connectivity index (χ0n) is 12.5. The average molecular weight is 265 g/mol. The minimum absolute atomic E-state index is 0.382. The molecule has 1 fully saturated rings. The van der Waals surface area contributed by atoms with Gasteiger partial charge in [0.1, 0.15) is 12.2 Å². The molecule has 2 heterocycles. The summed E-state index contributed by atoms with van der Waals surface area (Å²) in [5, 5.41) is 7.80. The maximum atomic E-state index is 4.33. The average Bonchev–Trinajstić information content (AvgIpc) is 2.88. The summed E-state index contributed by atoms with van der Waals surface area (Å²) in [6.45, 7) is 12.1. The number of nitrogens with one attached hydrogen (secondary N) is 1. The lowest BCUT2D eigenvalue weighted by molar-refractivity contribution is 0.189. The van der Waals surface area contributed by atoms with Crippen molar-refractivity contribution >= 4 is 0 Å². The Morgan fingerprint density at radius 2 is 2.11 bits per heavy atom. The van der Waals surface area contributed by atoms with E-state index in [-0.39, 0.29) is 0 Å². The molecule has 0 saturated carbocycles. The van der Waals surface area contributed by atoms with Crippen molar-refractivity contribution in [3.05, 3.63) is 12.2 Å². The topological polar surface area (TPSA) is 46.0 Å². The summed E-state index contributed by atoms with van der Waals surface area (Å²) in [5.74, 6) is 1.86. The number of piperidine rings is 1. The molecule has 1 aromatic heterocycles. The third-order valence-corrected chi connectivity index (χ3v) is 4.01. The van der Waals surface area contributed by atoms with Crippen molar-refractivity contribution in [1.82, 2.24) is 25.0 Å². The number of nitrogens with zero attached hydrogens (tertiary/aromatic N) is 4. The van der Waals surface area contributed by atoms with E-state index in [0.29, 0.717) is 6.04 Å². The highest BCUT2D eigenvalue weighted by atomic mass is 15.4. The minimum atomic E-state index is 0.382. The molecule has 0 radical (unpaired) electrons. The van der Waals surface area contributed by atoms with Crippen LogP contribution in [0, 0.1) is 5.92 Å². The highest BCUT2D eigenvalue weighted by Crippen LogP contribution is 2.16. The van der Waals surface area contributed by atoms with Gasteiger partial charge in [0, 0.05) is 6.04 Å². The van der Waals surface area contributed by atoms with Gasteiger partial charge in [0.05, 0.1) is 6.54 Å². The number of aromatic nitrogens is 3. The van der Waals surface area contributed by atoms with Crippen LogP contribution in [0.4, 0.5) is 0 Å². The van der Waals surface area contributed by atoms with Gasteiger partial charge in [-0.05, 0) is 58.8 Å². The van der Waals surface area contributed by atoms with Gasteiger partial charge in [-0.1, -0.05) is 6.92 Å². The number of hydrogen-bond donors (Lipinski definition) is 1. The zero-order chi connectivity index (χ0) is 13.7. The molecule has 19 heavy (non-hydrogen) atoms. The van der Waals surface area contributed by atoms with Crippen LogP contribution in [0.2, 0.25) is 0 Å². The fourth-order valence-corrected chi connectivity index (χ4v) is 2.73. The predicted octanol–water partition coefficient (Wildman–Crippen LogP) is 1.68. The van der Waals surface area contributed by atoms with E-state index in [0.717, 1.165) is 24.8 Å². The first-order valence-electron chi connectivity index (χ1n) is 7.52. The van der Waals surface area contributed by atoms with Gasteiger partial charge in [-0.2, -0.15) is 5.10 Å². The van der Waals surface area contributed by atoms with E-state index >= 15 is 0 Å². The lowest BCUT2D eigenvalue weighted by Gasteiger charge is -2.31. The second-order valence-corrected chi connectivity index (χ2v) is 5.72. The van der Waals surface area contributed by atoms with Gasteiger partial charge >= 0.3 is 0 Å².